The highest BCUT2D eigenvalue weighted by atomic mass is 32.2. The molecule has 1 aliphatic heterocycles. The van der Waals surface area contributed by atoms with Gasteiger partial charge in [-0.05, 0) is 68.4 Å². The van der Waals surface area contributed by atoms with E-state index in [2.05, 4.69) is 26.3 Å². The van der Waals surface area contributed by atoms with Crippen molar-refractivity contribution >= 4 is 41.4 Å². The molecular weight excluding hydrogens is 526 g/mol. The van der Waals surface area contributed by atoms with Gasteiger partial charge >= 0.3 is 5.97 Å². The summed E-state index contributed by atoms with van der Waals surface area (Å²) < 4.78 is 0. The number of aliphatic carboxylic acids is 1. The molecule has 1 heterocycles. The minimum Gasteiger partial charge on any atom is -0.508 e. The number of phenols is 1. The Bertz CT molecular complexity index is 997. The van der Waals surface area contributed by atoms with Crippen molar-refractivity contribution < 1.29 is 29.4 Å². The van der Waals surface area contributed by atoms with Crippen molar-refractivity contribution in [2.24, 2.45) is 16.5 Å². The van der Waals surface area contributed by atoms with Gasteiger partial charge in [-0.1, -0.05) is 12.1 Å². The second kappa shape index (κ2) is 16.4. The smallest absolute Gasteiger partial charge is 0.326 e. The van der Waals surface area contributed by atoms with Gasteiger partial charge in [0.05, 0.1) is 6.04 Å². The van der Waals surface area contributed by atoms with E-state index in [0.29, 0.717) is 30.7 Å². The number of nitrogens with one attached hydrogen (secondary N) is 4. The largest absolute Gasteiger partial charge is 0.508 e. The minimum atomic E-state index is -1.18. The fraction of sp³-hybridized carbons (Fsp3) is 0.560. The first kappa shape index (κ1) is 31.7. The number of aromatic hydroxyl groups is 1. The molecule has 13 nitrogen and oxygen atoms in total. The van der Waals surface area contributed by atoms with E-state index in [-0.39, 0.29) is 43.4 Å². The van der Waals surface area contributed by atoms with Crippen molar-refractivity contribution in [2.75, 3.05) is 25.1 Å². The second-order valence-corrected chi connectivity index (χ2v) is 10.3. The summed E-state index contributed by atoms with van der Waals surface area (Å²) in [5.74, 6) is -2.30. The Balaban J connectivity index is 2.21. The predicted molar refractivity (Wildman–Crippen MR) is 149 cm³/mol. The molecule has 1 saturated heterocycles. The molecule has 1 aliphatic rings. The zero-order valence-corrected chi connectivity index (χ0v) is 22.8. The summed E-state index contributed by atoms with van der Waals surface area (Å²) in [5, 5.41) is 30.2. The third kappa shape index (κ3) is 11.4. The van der Waals surface area contributed by atoms with Crippen LogP contribution in [0.25, 0.3) is 0 Å². The summed E-state index contributed by atoms with van der Waals surface area (Å²) in [7, 11) is 0. The highest BCUT2D eigenvalue weighted by Crippen LogP contribution is 2.13. The van der Waals surface area contributed by atoms with Gasteiger partial charge < -0.3 is 42.9 Å². The fourth-order valence-electron chi connectivity index (χ4n) is 4.07. The number of rotatable bonds is 16. The number of carbonyl (C=O) groups is 4. The first-order valence-electron chi connectivity index (χ1n) is 12.8. The highest BCUT2D eigenvalue weighted by molar-refractivity contribution is 7.98. The van der Waals surface area contributed by atoms with Gasteiger partial charge in [-0.15, -0.1) is 0 Å². The van der Waals surface area contributed by atoms with Crippen molar-refractivity contribution in [2.45, 2.75) is 62.7 Å². The van der Waals surface area contributed by atoms with Gasteiger partial charge in [0.2, 0.25) is 17.7 Å². The van der Waals surface area contributed by atoms with Crippen LogP contribution in [0.3, 0.4) is 0 Å². The fourth-order valence-corrected chi connectivity index (χ4v) is 4.54. The highest BCUT2D eigenvalue weighted by Gasteiger charge is 2.31. The van der Waals surface area contributed by atoms with Crippen LogP contribution in [0.15, 0.2) is 29.3 Å². The molecule has 3 amide bonds. The summed E-state index contributed by atoms with van der Waals surface area (Å²) >= 11 is 1.45. The Hall–Kier alpha value is -3.52. The molecule has 4 atom stereocenters. The number of guanidine groups is 1. The lowest BCUT2D eigenvalue weighted by Crippen LogP contribution is -2.57. The quantitative estimate of drug-likeness (QED) is 0.0696. The lowest BCUT2D eigenvalue weighted by molar-refractivity contribution is -0.142. The van der Waals surface area contributed by atoms with Gasteiger partial charge in [-0.25, -0.2) is 4.79 Å². The first-order chi connectivity index (χ1) is 18.6. The summed E-state index contributed by atoms with van der Waals surface area (Å²) in [4.78, 5) is 55.0. The number of amides is 3. The van der Waals surface area contributed by atoms with Crippen molar-refractivity contribution in [3.8, 4) is 5.75 Å². The topological polar surface area (TPSA) is 221 Å². The lowest BCUT2D eigenvalue weighted by Gasteiger charge is -2.25. The van der Waals surface area contributed by atoms with Crippen LogP contribution >= 0.6 is 11.8 Å². The van der Waals surface area contributed by atoms with Gasteiger partial charge in [0.15, 0.2) is 5.96 Å². The number of benzene rings is 1. The van der Waals surface area contributed by atoms with Crippen molar-refractivity contribution in [1.82, 2.24) is 21.3 Å². The first-order valence-corrected chi connectivity index (χ1v) is 14.2. The van der Waals surface area contributed by atoms with Gasteiger partial charge in [0.25, 0.3) is 0 Å². The Morgan fingerprint density at radius 2 is 1.72 bits per heavy atom. The van der Waals surface area contributed by atoms with Crippen LogP contribution in [0.2, 0.25) is 0 Å². The van der Waals surface area contributed by atoms with Crippen LogP contribution < -0.4 is 32.7 Å². The van der Waals surface area contributed by atoms with E-state index in [1.54, 1.807) is 12.1 Å². The number of nitrogens with zero attached hydrogens (tertiary/aromatic N) is 1. The maximum atomic E-state index is 13.4. The number of aliphatic imine (C=N–C) groups is 1. The van der Waals surface area contributed by atoms with E-state index in [1.807, 2.05) is 6.26 Å². The number of nitrogens with two attached hydrogens (primary N) is 2. The van der Waals surface area contributed by atoms with Gasteiger partial charge in [-0.2, -0.15) is 11.8 Å². The molecule has 0 bridgehead atoms. The molecule has 216 valence electrons. The standard InChI is InChI=1S/C25H39N7O6S/c1-39-13-10-19(24(37)38)31-22(35)18(5-3-12-29-25(26)27)30-23(36)20(14-15-6-8-16(33)9-7-15)32-21(34)17-4-2-11-28-17/h6-9,17-20,28,33H,2-5,10-14H2,1H3,(H,30,36)(H,31,35)(H,32,34)(H,37,38)(H4,26,27,29). The SMILES string of the molecule is CSCCC(NC(=O)C(CCCN=C(N)N)NC(=O)C(Cc1ccc(O)cc1)NC(=O)C1CCCN1)C(=O)O. The second-order valence-electron chi connectivity index (χ2n) is 9.27. The third-order valence-electron chi connectivity index (χ3n) is 6.19. The Kier molecular flexibility index (Phi) is 13.4. The molecule has 10 N–H and O–H groups in total. The molecule has 0 spiro atoms. The number of hydrogen-bond acceptors (Lipinski definition) is 8. The van der Waals surface area contributed by atoms with E-state index < -0.39 is 42.0 Å². The summed E-state index contributed by atoms with van der Waals surface area (Å²) in [5.41, 5.74) is 11.4. The molecule has 0 aromatic heterocycles. The van der Waals surface area contributed by atoms with Crippen LogP contribution in [-0.2, 0) is 25.6 Å². The molecule has 0 radical (unpaired) electrons. The maximum Gasteiger partial charge on any atom is 0.326 e. The molecule has 1 aromatic carbocycles. The van der Waals surface area contributed by atoms with Crippen LogP contribution in [0.1, 0.15) is 37.7 Å². The zero-order valence-electron chi connectivity index (χ0n) is 22.0. The van der Waals surface area contributed by atoms with Gasteiger partial charge in [0.1, 0.15) is 23.9 Å². The van der Waals surface area contributed by atoms with Crippen molar-refractivity contribution in [3.63, 3.8) is 0 Å². The van der Waals surface area contributed by atoms with E-state index in [1.165, 1.54) is 23.9 Å². The number of carboxylic acids is 1. The normalized spacial score (nSPS) is 16.9. The molecule has 0 aliphatic carbocycles. The van der Waals surface area contributed by atoms with Crippen LogP contribution in [0.4, 0.5) is 0 Å². The average molecular weight is 566 g/mol. The molecule has 4 unspecified atom stereocenters. The van der Waals surface area contributed by atoms with E-state index in [9.17, 15) is 29.4 Å². The van der Waals surface area contributed by atoms with E-state index in [0.717, 1.165) is 6.42 Å². The molecule has 1 fully saturated rings. The number of carbonyl (C=O) groups excluding carboxylic acids is 3. The van der Waals surface area contributed by atoms with Crippen LogP contribution in [0.5, 0.6) is 5.75 Å². The summed E-state index contributed by atoms with van der Waals surface area (Å²) in [6.45, 7) is 0.907. The molecule has 0 saturated carbocycles. The zero-order chi connectivity index (χ0) is 28.8. The molecule has 1 aromatic rings. The predicted octanol–water partition coefficient (Wildman–Crippen LogP) is -0.968. The Morgan fingerprint density at radius 1 is 1.05 bits per heavy atom. The Morgan fingerprint density at radius 3 is 2.31 bits per heavy atom. The molecular formula is C25H39N7O6S. The summed E-state index contributed by atoms with van der Waals surface area (Å²) in [6.07, 6.45) is 4.10. The molecule has 2 rings (SSSR count). The van der Waals surface area contributed by atoms with Crippen LogP contribution in [-0.4, -0.2) is 89.1 Å². The monoisotopic (exact) mass is 565 g/mol. The van der Waals surface area contributed by atoms with Gasteiger partial charge in [-0.3, -0.25) is 19.4 Å². The summed E-state index contributed by atoms with van der Waals surface area (Å²) in [6, 6.07) is 2.57. The van der Waals surface area contributed by atoms with Crippen molar-refractivity contribution in [3.05, 3.63) is 29.8 Å². The molecule has 39 heavy (non-hydrogen) atoms. The number of phenolic OH excluding ortho intramolecular Hbond substituents is 1. The van der Waals surface area contributed by atoms with Crippen molar-refractivity contribution in [1.29, 1.82) is 0 Å². The third-order valence-corrected chi connectivity index (χ3v) is 6.83. The van der Waals surface area contributed by atoms with Gasteiger partial charge in [0, 0.05) is 13.0 Å². The lowest BCUT2D eigenvalue weighted by atomic mass is 10.0. The van der Waals surface area contributed by atoms with Crippen LogP contribution in [0, 0.1) is 0 Å². The maximum absolute atomic E-state index is 13.4. The van der Waals surface area contributed by atoms with E-state index >= 15 is 0 Å². The number of thioether (sulfide) groups is 1. The number of hydrogen-bond donors (Lipinski definition) is 8. The average Bonchev–Trinajstić information content (AvgIpc) is 3.44. The minimum absolute atomic E-state index is 0.0610. The molecule has 14 heteroatoms. The number of carboxylic acid groups (broad SMARTS) is 1. The Labute approximate surface area is 231 Å². The van der Waals surface area contributed by atoms with E-state index in [4.69, 9.17) is 11.5 Å².